The fourth-order valence-corrected chi connectivity index (χ4v) is 6.10. The topological polar surface area (TPSA) is 68.2 Å². The first-order valence-corrected chi connectivity index (χ1v) is 12.7. The molecular weight excluding hydrogens is 436 g/mol. The van der Waals surface area contributed by atoms with Crippen molar-refractivity contribution in [1.82, 2.24) is 4.57 Å². The van der Waals surface area contributed by atoms with Crippen molar-refractivity contribution >= 4 is 49.0 Å². The van der Waals surface area contributed by atoms with Crippen LogP contribution in [-0.2, 0) is 16.6 Å². The summed E-state index contributed by atoms with van der Waals surface area (Å²) in [6.45, 7) is 2.47. The third-order valence-electron chi connectivity index (χ3n) is 4.56. The second-order valence-corrected chi connectivity index (χ2v) is 10.6. The van der Waals surface area contributed by atoms with E-state index < -0.39 is 10.0 Å². The van der Waals surface area contributed by atoms with E-state index in [-0.39, 0.29) is 9.77 Å². The van der Waals surface area contributed by atoms with Gasteiger partial charge >= 0.3 is 4.87 Å². The zero-order valence-corrected chi connectivity index (χ0v) is 18.7. The molecule has 0 saturated carbocycles. The SMILES string of the molecule is CCSc1ccccc1NS(=O)(=O)c1ccc2c(c1)sc(=O)n2Cc1ccccc1. The molecule has 8 heteroatoms. The minimum Gasteiger partial charge on any atom is -0.294 e. The number of sulfonamides is 1. The Morgan fingerprint density at radius 1 is 1.00 bits per heavy atom. The molecule has 30 heavy (non-hydrogen) atoms. The van der Waals surface area contributed by atoms with Crippen LogP contribution in [0.1, 0.15) is 12.5 Å². The van der Waals surface area contributed by atoms with Crippen LogP contribution < -0.4 is 9.60 Å². The van der Waals surface area contributed by atoms with Crippen LogP contribution in [0.25, 0.3) is 10.2 Å². The predicted molar refractivity (Wildman–Crippen MR) is 125 cm³/mol. The number of fused-ring (bicyclic) bond motifs is 1. The highest BCUT2D eigenvalue weighted by atomic mass is 32.2. The first-order valence-electron chi connectivity index (χ1n) is 9.40. The van der Waals surface area contributed by atoms with Crippen LogP contribution >= 0.6 is 23.1 Å². The molecule has 1 heterocycles. The highest BCUT2D eigenvalue weighted by molar-refractivity contribution is 7.99. The van der Waals surface area contributed by atoms with Crippen molar-refractivity contribution in [2.75, 3.05) is 10.5 Å². The molecular formula is C22H20N2O3S3. The number of thiazole rings is 1. The van der Waals surface area contributed by atoms with Crippen molar-refractivity contribution in [2.24, 2.45) is 0 Å². The number of benzene rings is 3. The van der Waals surface area contributed by atoms with Gasteiger partial charge < -0.3 is 0 Å². The lowest BCUT2D eigenvalue weighted by Crippen LogP contribution is -2.14. The van der Waals surface area contributed by atoms with E-state index in [2.05, 4.69) is 4.72 Å². The molecule has 0 aliphatic carbocycles. The molecule has 1 aromatic heterocycles. The van der Waals surface area contributed by atoms with E-state index in [1.807, 2.05) is 49.4 Å². The molecule has 1 N–H and O–H groups in total. The maximum absolute atomic E-state index is 13.0. The maximum Gasteiger partial charge on any atom is 0.308 e. The summed E-state index contributed by atoms with van der Waals surface area (Å²) < 4.78 is 31.0. The molecule has 0 unspecified atom stereocenters. The smallest absolute Gasteiger partial charge is 0.294 e. The molecule has 0 amide bonds. The van der Waals surface area contributed by atoms with Crippen LogP contribution in [0.5, 0.6) is 0 Å². The molecule has 154 valence electrons. The van der Waals surface area contributed by atoms with Crippen molar-refractivity contribution in [1.29, 1.82) is 0 Å². The Kier molecular flexibility index (Phi) is 5.99. The Morgan fingerprint density at radius 2 is 1.73 bits per heavy atom. The van der Waals surface area contributed by atoms with E-state index in [4.69, 9.17) is 0 Å². The van der Waals surface area contributed by atoms with E-state index in [1.165, 1.54) is 0 Å². The van der Waals surface area contributed by atoms with Crippen LogP contribution in [0.2, 0.25) is 0 Å². The summed E-state index contributed by atoms with van der Waals surface area (Å²) in [6.07, 6.45) is 0. The number of hydrogen-bond acceptors (Lipinski definition) is 5. The van der Waals surface area contributed by atoms with Crippen molar-refractivity contribution in [3.63, 3.8) is 0 Å². The van der Waals surface area contributed by atoms with E-state index in [0.29, 0.717) is 16.9 Å². The van der Waals surface area contributed by atoms with Crippen molar-refractivity contribution in [3.8, 4) is 0 Å². The second-order valence-electron chi connectivity index (χ2n) is 6.60. The van der Waals surface area contributed by atoms with Crippen molar-refractivity contribution in [3.05, 3.63) is 88.0 Å². The molecule has 4 aromatic rings. The van der Waals surface area contributed by atoms with Gasteiger partial charge in [-0.3, -0.25) is 14.1 Å². The number of rotatable bonds is 7. The van der Waals surface area contributed by atoms with Crippen molar-refractivity contribution in [2.45, 2.75) is 23.3 Å². The number of para-hydroxylation sites is 1. The molecule has 4 rings (SSSR count). The number of anilines is 1. The van der Waals surface area contributed by atoms with Gasteiger partial charge in [0, 0.05) is 4.90 Å². The third-order valence-corrected chi connectivity index (χ3v) is 7.83. The van der Waals surface area contributed by atoms with Crippen LogP contribution in [0.3, 0.4) is 0 Å². The van der Waals surface area contributed by atoms with E-state index >= 15 is 0 Å². The van der Waals surface area contributed by atoms with Crippen molar-refractivity contribution < 1.29 is 8.42 Å². The van der Waals surface area contributed by atoms with Gasteiger partial charge in [-0.05, 0) is 41.6 Å². The minimum atomic E-state index is -3.78. The van der Waals surface area contributed by atoms with Crippen LogP contribution in [0.4, 0.5) is 5.69 Å². The van der Waals surface area contributed by atoms with Crippen LogP contribution in [-0.4, -0.2) is 18.7 Å². The maximum atomic E-state index is 13.0. The Balaban J connectivity index is 1.68. The molecule has 0 aliphatic rings. The monoisotopic (exact) mass is 456 g/mol. The molecule has 0 saturated heterocycles. The van der Waals surface area contributed by atoms with Gasteiger partial charge in [0.05, 0.1) is 27.3 Å². The molecule has 0 bridgehead atoms. The molecule has 3 aromatic carbocycles. The lowest BCUT2D eigenvalue weighted by molar-refractivity contribution is 0.601. The van der Waals surface area contributed by atoms with E-state index in [0.717, 1.165) is 33.1 Å². The zero-order chi connectivity index (χ0) is 21.1. The van der Waals surface area contributed by atoms with E-state index in [1.54, 1.807) is 46.7 Å². The Bertz CT molecular complexity index is 1340. The quantitative estimate of drug-likeness (QED) is 0.396. The molecule has 0 radical (unpaired) electrons. The average molecular weight is 457 g/mol. The summed E-state index contributed by atoms with van der Waals surface area (Å²) in [5.74, 6) is 0.841. The fraction of sp³-hybridized carbons (Fsp3) is 0.136. The highest BCUT2D eigenvalue weighted by Gasteiger charge is 2.18. The summed E-state index contributed by atoms with van der Waals surface area (Å²) >= 11 is 2.63. The zero-order valence-electron chi connectivity index (χ0n) is 16.2. The van der Waals surface area contributed by atoms with Gasteiger partial charge in [0.1, 0.15) is 0 Å². The Morgan fingerprint density at radius 3 is 2.50 bits per heavy atom. The molecule has 0 atom stereocenters. The molecule has 0 fully saturated rings. The fourth-order valence-electron chi connectivity index (χ4n) is 3.17. The van der Waals surface area contributed by atoms with Gasteiger partial charge in [-0.1, -0.05) is 60.7 Å². The van der Waals surface area contributed by atoms with Crippen LogP contribution in [0.15, 0.2) is 87.4 Å². The van der Waals surface area contributed by atoms with Crippen LogP contribution in [0, 0.1) is 0 Å². The lowest BCUT2D eigenvalue weighted by Gasteiger charge is -2.12. The second kappa shape index (κ2) is 8.67. The molecule has 0 aliphatic heterocycles. The largest absolute Gasteiger partial charge is 0.308 e. The van der Waals surface area contributed by atoms with Gasteiger partial charge in [0.15, 0.2) is 0 Å². The first kappa shape index (κ1) is 20.7. The Hall–Kier alpha value is -2.55. The number of hydrogen-bond donors (Lipinski definition) is 1. The summed E-state index contributed by atoms with van der Waals surface area (Å²) in [4.78, 5) is 13.4. The minimum absolute atomic E-state index is 0.110. The summed E-state index contributed by atoms with van der Waals surface area (Å²) in [7, 11) is -3.78. The summed E-state index contributed by atoms with van der Waals surface area (Å²) in [6, 6.07) is 21.9. The number of aromatic nitrogens is 1. The number of thioether (sulfide) groups is 1. The third kappa shape index (κ3) is 4.30. The lowest BCUT2D eigenvalue weighted by atomic mass is 10.2. The van der Waals surface area contributed by atoms with Gasteiger partial charge in [-0.15, -0.1) is 11.8 Å². The van der Waals surface area contributed by atoms with E-state index in [9.17, 15) is 13.2 Å². The summed E-state index contributed by atoms with van der Waals surface area (Å²) in [5, 5.41) is 0. The van der Waals surface area contributed by atoms with Gasteiger partial charge in [-0.2, -0.15) is 0 Å². The average Bonchev–Trinajstić information content (AvgIpc) is 3.05. The first-order chi connectivity index (χ1) is 14.5. The van der Waals surface area contributed by atoms with Gasteiger partial charge in [0.2, 0.25) is 0 Å². The molecule has 0 spiro atoms. The Labute approximate surface area is 183 Å². The predicted octanol–water partition coefficient (Wildman–Crippen LogP) is 5.02. The highest BCUT2D eigenvalue weighted by Crippen LogP contribution is 2.29. The number of nitrogens with zero attached hydrogens (tertiary/aromatic N) is 1. The van der Waals surface area contributed by atoms with Gasteiger partial charge in [-0.25, -0.2) is 8.42 Å². The van der Waals surface area contributed by atoms with Gasteiger partial charge in [0.25, 0.3) is 10.0 Å². The number of nitrogens with one attached hydrogen (secondary N) is 1. The standard InChI is InChI=1S/C22H20N2O3S3/c1-2-28-20-11-7-6-10-18(20)23-30(26,27)17-12-13-19-21(14-17)29-22(25)24(19)15-16-8-4-3-5-9-16/h3-14,23H,2,15H2,1H3. The normalized spacial score (nSPS) is 11.6. The summed E-state index contributed by atoms with van der Waals surface area (Å²) in [5.41, 5.74) is 2.30. The molecule has 5 nitrogen and oxygen atoms in total.